The number of nitrogens with zero attached hydrogens (tertiary/aromatic N) is 2. The summed E-state index contributed by atoms with van der Waals surface area (Å²) in [7, 11) is -7.70. The quantitative estimate of drug-likeness (QED) is 0.402. The van der Waals surface area contributed by atoms with Crippen molar-refractivity contribution in [2.24, 2.45) is 0 Å². The molecule has 1 fully saturated rings. The zero-order valence-corrected chi connectivity index (χ0v) is 24.2. The number of piperazine rings is 1. The van der Waals surface area contributed by atoms with E-state index in [2.05, 4.69) is 32.9 Å². The summed E-state index contributed by atoms with van der Waals surface area (Å²) in [6.07, 6.45) is 2.30. The van der Waals surface area contributed by atoms with Crippen molar-refractivity contribution in [2.75, 3.05) is 32.4 Å². The Morgan fingerprint density at radius 1 is 0.897 bits per heavy atom. The molecule has 0 N–H and O–H groups in total. The van der Waals surface area contributed by atoms with Crippen molar-refractivity contribution in [2.45, 2.75) is 49.1 Å². The summed E-state index contributed by atoms with van der Waals surface area (Å²) in [6.45, 7) is 8.17. The van der Waals surface area contributed by atoms with Crippen LogP contribution in [0.25, 0.3) is 0 Å². The molecule has 1 saturated heterocycles. The van der Waals surface area contributed by atoms with Crippen molar-refractivity contribution < 1.29 is 26.0 Å². The van der Waals surface area contributed by atoms with Crippen LogP contribution in [0.15, 0.2) is 79.9 Å². The van der Waals surface area contributed by atoms with Gasteiger partial charge in [-0.2, -0.15) is 4.31 Å². The molecule has 0 unspecified atom stereocenters. The highest BCUT2D eigenvalue weighted by Crippen LogP contribution is 2.26. The maximum atomic E-state index is 13.2. The maximum absolute atomic E-state index is 13.2. The lowest BCUT2D eigenvalue weighted by molar-refractivity contribution is 0.168. The van der Waals surface area contributed by atoms with Crippen molar-refractivity contribution >= 4 is 19.9 Å². The van der Waals surface area contributed by atoms with Crippen LogP contribution < -0.4 is 10.2 Å². The third kappa shape index (κ3) is 6.96. The van der Waals surface area contributed by atoms with Gasteiger partial charge in [0.05, 0.1) is 11.4 Å². The maximum Gasteiger partial charge on any atom is 0.244 e. The van der Waals surface area contributed by atoms with Crippen LogP contribution in [0.4, 0.5) is 0 Å². The SMILES string of the molecule is CC(C)(C)c1ccc(COc2coc(CN3CCN(S(=O)(=O)c4ccccc4S(C)(=O)=O)CC3)cc2=O)cc1. The Morgan fingerprint density at radius 2 is 1.51 bits per heavy atom. The Morgan fingerprint density at radius 3 is 2.08 bits per heavy atom. The second-order valence-corrected chi connectivity index (χ2v) is 14.6. The monoisotopic (exact) mass is 574 g/mol. The van der Waals surface area contributed by atoms with E-state index in [1.54, 1.807) is 0 Å². The minimum absolute atomic E-state index is 0.0564. The fraction of sp³-hybridized carbons (Fsp3) is 0.393. The molecule has 2 aromatic carbocycles. The lowest BCUT2D eigenvalue weighted by Crippen LogP contribution is -2.48. The minimum atomic E-state index is -3.99. The predicted molar refractivity (Wildman–Crippen MR) is 148 cm³/mol. The van der Waals surface area contributed by atoms with Crippen molar-refractivity contribution in [1.29, 1.82) is 0 Å². The normalized spacial score (nSPS) is 15.8. The van der Waals surface area contributed by atoms with E-state index in [1.165, 1.54) is 46.5 Å². The summed E-state index contributed by atoms with van der Waals surface area (Å²) in [6, 6.07) is 15.1. The van der Waals surface area contributed by atoms with E-state index in [-0.39, 0.29) is 46.1 Å². The highest BCUT2D eigenvalue weighted by Gasteiger charge is 2.32. The van der Waals surface area contributed by atoms with E-state index in [0.29, 0.717) is 25.4 Å². The van der Waals surface area contributed by atoms with Gasteiger partial charge in [0.1, 0.15) is 23.5 Å². The van der Waals surface area contributed by atoms with Crippen molar-refractivity contribution in [3.8, 4) is 5.75 Å². The molecular formula is C28H34N2O7S2. The van der Waals surface area contributed by atoms with Crippen molar-refractivity contribution in [3.05, 3.63) is 88.0 Å². The molecule has 1 aliphatic heterocycles. The Hall–Kier alpha value is -2.99. The third-order valence-corrected chi connectivity index (χ3v) is 9.88. The van der Waals surface area contributed by atoms with E-state index >= 15 is 0 Å². The van der Waals surface area contributed by atoms with Gasteiger partial charge >= 0.3 is 0 Å². The van der Waals surface area contributed by atoms with Gasteiger partial charge in [0.2, 0.25) is 21.2 Å². The fourth-order valence-electron chi connectivity index (χ4n) is 4.35. The molecular weight excluding hydrogens is 540 g/mol. The lowest BCUT2D eigenvalue weighted by atomic mass is 9.87. The molecule has 0 radical (unpaired) electrons. The van der Waals surface area contributed by atoms with Crippen LogP contribution in [0.5, 0.6) is 5.75 Å². The van der Waals surface area contributed by atoms with Gasteiger partial charge in [-0.1, -0.05) is 57.2 Å². The van der Waals surface area contributed by atoms with E-state index in [9.17, 15) is 21.6 Å². The van der Waals surface area contributed by atoms with Crippen LogP contribution in [0.3, 0.4) is 0 Å². The van der Waals surface area contributed by atoms with E-state index in [0.717, 1.165) is 11.8 Å². The van der Waals surface area contributed by atoms with Crippen LogP contribution in [0.2, 0.25) is 0 Å². The molecule has 9 nitrogen and oxygen atoms in total. The van der Waals surface area contributed by atoms with Gasteiger partial charge < -0.3 is 9.15 Å². The second-order valence-electron chi connectivity index (χ2n) is 10.7. The number of hydrogen-bond donors (Lipinski definition) is 0. The van der Waals surface area contributed by atoms with Gasteiger partial charge in [0.25, 0.3) is 0 Å². The summed E-state index contributed by atoms with van der Waals surface area (Å²) in [5.41, 5.74) is 1.92. The second kappa shape index (κ2) is 11.2. The molecule has 0 spiro atoms. The molecule has 210 valence electrons. The first kappa shape index (κ1) is 29.0. The zero-order chi connectivity index (χ0) is 28.4. The Balaban J connectivity index is 1.34. The Labute approximate surface area is 230 Å². The third-order valence-electron chi connectivity index (χ3n) is 6.64. The Kier molecular flexibility index (Phi) is 8.36. The average molecular weight is 575 g/mol. The summed E-state index contributed by atoms with van der Waals surface area (Å²) in [4.78, 5) is 14.2. The van der Waals surface area contributed by atoms with Crippen LogP contribution >= 0.6 is 0 Å². The summed E-state index contributed by atoms with van der Waals surface area (Å²) >= 11 is 0. The van der Waals surface area contributed by atoms with Crippen molar-refractivity contribution in [1.82, 2.24) is 9.21 Å². The minimum Gasteiger partial charge on any atom is -0.482 e. The summed E-state index contributed by atoms with van der Waals surface area (Å²) in [5.74, 6) is 0.569. The van der Waals surface area contributed by atoms with Crippen LogP contribution in [0.1, 0.15) is 37.7 Å². The molecule has 0 amide bonds. The standard InChI is InChI=1S/C28H34N2O7S2/c1-28(2,3)22-11-9-21(10-12-22)19-37-25-20-36-23(17-24(25)31)18-29-13-15-30(16-14-29)39(34,35)27-8-6-5-7-26(27)38(4,32)33/h5-12,17,20H,13-16,18-19H2,1-4H3. The first-order chi connectivity index (χ1) is 18.2. The number of ether oxygens (including phenoxy) is 1. The summed E-state index contributed by atoms with van der Waals surface area (Å²) in [5, 5.41) is 0. The molecule has 1 aromatic heterocycles. The van der Waals surface area contributed by atoms with Gasteiger partial charge in [0, 0.05) is 38.5 Å². The van der Waals surface area contributed by atoms with Crippen LogP contribution in [-0.4, -0.2) is 58.5 Å². The number of rotatable bonds is 8. The van der Waals surface area contributed by atoms with E-state index in [1.807, 2.05) is 17.0 Å². The van der Waals surface area contributed by atoms with Gasteiger partial charge in [-0.05, 0) is 28.7 Å². The number of benzene rings is 2. The molecule has 11 heteroatoms. The molecule has 0 saturated carbocycles. The van der Waals surface area contributed by atoms with Gasteiger partial charge in [-0.15, -0.1) is 0 Å². The first-order valence-electron chi connectivity index (χ1n) is 12.6. The van der Waals surface area contributed by atoms with Gasteiger partial charge in [-0.25, -0.2) is 16.8 Å². The predicted octanol–water partition coefficient (Wildman–Crippen LogP) is 3.43. The van der Waals surface area contributed by atoms with Crippen LogP contribution in [-0.2, 0) is 38.4 Å². The molecule has 3 aromatic rings. The molecule has 39 heavy (non-hydrogen) atoms. The number of sulfonamides is 1. The molecule has 4 rings (SSSR count). The highest BCUT2D eigenvalue weighted by atomic mass is 32.2. The van der Waals surface area contributed by atoms with E-state index in [4.69, 9.17) is 9.15 Å². The fourth-order valence-corrected chi connectivity index (χ4v) is 7.37. The van der Waals surface area contributed by atoms with Gasteiger partial charge in [0.15, 0.2) is 9.84 Å². The van der Waals surface area contributed by atoms with E-state index < -0.39 is 19.9 Å². The lowest BCUT2D eigenvalue weighted by Gasteiger charge is -2.33. The van der Waals surface area contributed by atoms with Gasteiger partial charge in [-0.3, -0.25) is 9.69 Å². The topological polar surface area (TPSA) is 114 Å². The molecule has 1 aliphatic rings. The van der Waals surface area contributed by atoms with Crippen LogP contribution in [0, 0.1) is 0 Å². The molecule has 0 bridgehead atoms. The zero-order valence-electron chi connectivity index (χ0n) is 22.6. The molecule has 0 atom stereocenters. The Bertz CT molecular complexity index is 1580. The van der Waals surface area contributed by atoms with Crippen molar-refractivity contribution in [3.63, 3.8) is 0 Å². The molecule has 0 aliphatic carbocycles. The first-order valence-corrected chi connectivity index (χ1v) is 15.9. The largest absolute Gasteiger partial charge is 0.482 e. The molecule has 2 heterocycles. The number of hydrogen-bond acceptors (Lipinski definition) is 8. The average Bonchev–Trinajstić information content (AvgIpc) is 2.88. The highest BCUT2D eigenvalue weighted by molar-refractivity contribution is 7.93. The summed E-state index contributed by atoms with van der Waals surface area (Å²) < 4.78 is 63.2. The smallest absolute Gasteiger partial charge is 0.244 e. The number of sulfone groups is 1.